The topological polar surface area (TPSA) is 84.9 Å². The molecule has 0 fully saturated rings. The Morgan fingerprint density at radius 2 is 2.00 bits per heavy atom. The molecular weight excluding hydrogens is 286 g/mol. The first-order valence-electron chi connectivity index (χ1n) is 7.37. The number of carbonyl (C=O) groups is 2. The van der Waals surface area contributed by atoms with Crippen molar-refractivity contribution in [3.63, 3.8) is 0 Å². The van der Waals surface area contributed by atoms with Crippen LogP contribution in [-0.4, -0.2) is 36.7 Å². The van der Waals surface area contributed by atoms with E-state index in [-0.39, 0.29) is 0 Å². The standard InChI is InChI=1S/C16H23NO5/c1-4-6-13(16(19)20)17-15(18)12-8-7-11(21-3)10-14(12)22-9-5-2/h7-8,10,13H,4-6,9H2,1-3H3,(H,17,18)(H,19,20). The third-order valence-corrected chi connectivity index (χ3v) is 3.08. The smallest absolute Gasteiger partial charge is 0.326 e. The highest BCUT2D eigenvalue weighted by Gasteiger charge is 2.22. The lowest BCUT2D eigenvalue weighted by atomic mass is 10.1. The van der Waals surface area contributed by atoms with Gasteiger partial charge in [0.25, 0.3) is 5.91 Å². The van der Waals surface area contributed by atoms with Crippen molar-refractivity contribution in [2.45, 2.75) is 39.2 Å². The summed E-state index contributed by atoms with van der Waals surface area (Å²) in [5.41, 5.74) is 0.302. The molecule has 122 valence electrons. The van der Waals surface area contributed by atoms with E-state index in [1.54, 1.807) is 18.2 Å². The molecule has 0 bridgehead atoms. The predicted octanol–water partition coefficient (Wildman–Crippen LogP) is 2.47. The number of methoxy groups -OCH3 is 1. The minimum absolute atomic E-state index is 0.302. The first-order valence-corrected chi connectivity index (χ1v) is 7.37. The number of hydrogen-bond donors (Lipinski definition) is 2. The van der Waals surface area contributed by atoms with Gasteiger partial charge in [0.2, 0.25) is 0 Å². The highest BCUT2D eigenvalue weighted by molar-refractivity contribution is 5.99. The van der Waals surface area contributed by atoms with Crippen LogP contribution in [0.5, 0.6) is 11.5 Å². The number of nitrogens with one attached hydrogen (secondary N) is 1. The number of carboxylic acid groups (broad SMARTS) is 1. The Bertz CT molecular complexity index is 515. The normalized spacial score (nSPS) is 11.6. The second-order valence-electron chi connectivity index (χ2n) is 4.86. The molecule has 0 aliphatic heterocycles. The number of amides is 1. The van der Waals surface area contributed by atoms with Gasteiger partial charge in [-0.1, -0.05) is 20.3 Å². The Kier molecular flexibility index (Phi) is 7.22. The van der Waals surface area contributed by atoms with Crippen LogP contribution in [0.4, 0.5) is 0 Å². The number of carbonyl (C=O) groups excluding carboxylic acids is 1. The van der Waals surface area contributed by atoms with Crippen molar-refractivity contribution in [1.82, 2.24) is 5.32 Å². The minimum atomic E-state index is -1.04. The minimum Gasteiger partial charge on any atom is -0.497 e. The third-order valence-electron chi connectivity index (χ3n) is 3.08. The van der Waals surface area contributed by atoms with Gasteiger partial charge in [0, 0.05) is 6.07 Å². The molecule has 1 atom stereocenters. The Labute approximate surface area is 130 Å². The zero-order valence-electron chi connectivity index (χ0n) is 13.2. The maximum Gasteiger partial charge on any atom is 0.326 e. The number of carboxylic acids is 1. The number of rotatable bonds is 9. The van der Waals surface area contributed by atoms with Crippen LogP contribution in [0, 0.1) is 0 Å². The van der Waals surface area contributed by atoms with Gasteiger partial charge in [-0.3, -0.25) is 4.79 Å². The molecule has 22 heavy (non-hydrogen) atoms. The maximum absolute atomic E-state index is 12.3. The van der Waals surface area contributed by atoms with E-state index in [1.165, 1.54) is 7.11 Å². The van der Waals surface area contributed by atoms with Crippen LogP contribution in [0.15, 0.2) is 18.2 Å². The number of ether oxygens (including phenoxy) is 2. The van der Waals surface area contributed by atoms with Crippen LogP contribution in [0.3, 0.4) is 0 Å². The molecule has 1 aromatic rings. The molecule has 0 aromatic heterocycles. The Morgan fingerprint density at radius 3 is 2.55 bits per heavy atom. The average Bonchev–Trinajstić information content (AvgIpc) is 2.51. The Balaban J connectivity index is 2.97. The number of hydrogen-bond acceptors (Lipinski definition) is 4. The second-order valence-corrected chi connectivity index (χ2v) is 4.86. The van der Waals surface area contributed by atoms with Crippen LogP contribution >= 0.6 is 0 Å². The molecule has 1 amide bonds. The Hall–Kier alpha value is -2.24. The molecule has 0 aliphatic carbocycles. The van der Waals surface area contributed by atoms with E-state index >= 15 is 0 Å². The van der Waals surface area contributed by atoms with E-state index in [0.29, 0.717) is 36.5 Å². The maximum atomic E-state index is 12.3. The molecule has 0 saturated carbocycles. The van der Waals surface area contributed by atoms with Gasteiger partial charge in [0.1, 0.15) is 17.5 Å². The van der Waals surface area contributed by atoms with Crippen molar-refractivity contribution in [2.75, 3.05) is 13.7 Å². The van der Waals surface area contributed by atoms with E-state index in [2.05, 4.69) is 5.32 Å². The lowest BCUT2D eigenvalue weighted by Gasteiger charge is -2.16. The van der Waals surface area contributed by atoms with E-state index in [0.717, 1.165) is 6.42 Å². The average molecular weight is 309 g/mol. The van der Waals surface area contributed by atoms with E-state index in [9.17, 15) is 9.59 Å². The fourth-order valence-corrected chi connectivity index (χ4v) is 1.93. The molecule has 0 spiro atoms. The lowest BCUT2D eigenvalue weighted by molar-refractivity contribution is -0.139. The fraction of sp³-hybridized carbons (Fsp3) is 0.500. The monoisotopic (exact) mass is 309 g/mol. The predicted molar refractivity (Wildman–Crippen MR) is 82.6 cm³/mol. The van der Waals surface area contributed by atoms with Gasteiger partial charge in [-0.05, 0) is 25.0 Å². The van der Waals surface area contributed by atoms with Crippen molar-refractivity contribution < 1.29 is 24.2 Å². The highest BCUT2D eigenvalue weighted by Crippen LogP contribution is 2.25. The Morgan fingerprint density at radius 1 is 1.27 bits per heavy atom. The van der Waals surface area contributed by atoms with Gasteiger partial charge in [0.15, 0.2) is 0 Å². The van der Waals surface area contributed by atoms with Gasteiger partial charge in [-0.25, -0.2) is 4.79 Å². The highest BCUT2D eigenvalue weighted by atomic mass is 16.5. The zero-order chi connectivity index (χ0) is 16.5. The van der Waals surface area contributed by atoms with Gasteiger partial charge < -0.3 is 19.9 Å². The fourth-order valence-electron chi connectivity index (χ4n) is 1.93. The molecule has 0 aliphatic rings. The van der Waals surface area contributed by atoms with Crippen LogP contribution in [0.1, 0.15) is 43.5 Å². The molecule has 0 heterocycles. The summed E-state index contributed by atoms with van der Waals surface area (Å²) in [5, 5.41) is 11.7. The van der Waals surface area contributed by atoms with Crippen molar-refractivity contribution >= 4 is 11.9 Å². The molecule has 6 heteroatoms. The summed E-state index contributed by atoms with van der Waals surface area (Å²) in [6.45, 7) is 4.29. The summed E-state index contributed by atoms with van der Waals surface area (Å²) in [7, 11) is 1.53. The van der Waals surface area contributed by atoms with Crippen molar-refractivity contribution in [2.24, 2.45) is 0 Å². The van der Waals surface area contributed by atoms with Crippen molar-refractivity contribution in [3.05, 3.63) is 23.8 Å². The molecule has 0 radical (unpaired) electrons. The summed E-state index contributed by atoms with van der Waals surface area (Å²) in [4.78, 5) is 23.5. The van der Waals surface area contributed by atoms with Crippen molar-refractivity contribution in [3.8, 4) is 11.5 Å². The van der Waals surface area contributed by atoms with Crippen LogP contribution in [-0.2, 0) is 4.79 Å². The van der Waals surface area contributed by atoms with Crippen LogP contribution in [0.2, 0.25) is 0 Å². The number of benzene rings is 1. The molecule has 6 nitrogen and oxygen atoms in total. The quantitative estimate of drug-likeness (QED) is 0.732. The van der Waals surface area contributed by atoms with Crippen LogP contribution in [0.25, 0.3) is 0 Å². The molecule has 1 aromatic carbocycles. The van der Waals surface area contributed by atoms with Gasteiger partial charge in [-0.15, -0.1) is 0 Å². The first kappa shape index (κ1) is 17.8. The molecule has 1 rings (SSSR count). The molecular formula is C16H23NO5. The second kappa shape index (κ2) is 8.92. The number of aliphatic carboxylic acids is 1. The van der Waals surface area contributed by atoms with Gasteiger partial charge in [-0.2, -0.15) is 0 Å². The lowest BCUT2D eigenvalue weighted by Crippen LogP contribution is -2.40. The van der Waals surface area contributed by atoms with E-state index in [4.69, 9.17) is 14.6 Å². The van der Waals surface area contributed by atoms with Crippen LogP contribution < -0.4 is 14.8 Å². The van der Waals surface area contributed by atoms with Gasteiger partial charge >= 0.3 is 5.97 Å². The summed E-state index contributed by atoms with van der Waals surface area (Å²) in [6, 6.07) is 3.94. The van der Waals surface area contributed by atoms with E-state index < -0.39 is 17.9 Å². The summed E-state index contributed by atoms with van der Waals surface area (Å²) < 4.78 is 10.7. The summed E-state index contributed by atoms with van der Waals surface area (Å²) in [6.07, 6.45) is 1.84. The molecule has 2 N–H and O–H groups in total. The molecule has 1 unspecified atom stereocenters. The van der Waals surface area contributed by atoms with Gasteiger partial charge in [0.05, 0.1) is 19.3 Å². The third kappa shape index (κ3) is 4.95. The van der Waals surface area contributed by atoms with E-state index in [1.807, 2.05) is 13.8 Å². The zero-order valence-corrected chi connectivity index (χ0v) is 13.2. The first-order chi connectivity index (χ1) is 10.5. The summed E-state index contributed by atoms with van der Waals surface area (Å²) >= 11 is 0. The largest absolute Gasteiger partial charge is 0.497 e. The molecule has 0 saturated heterocycles. The summed E-state index contributed by atoms with van der Waals surface area (Å²) in [5.74, 6) is -0.542. The van der Waals surface area contributed by atoms with Crippen molar-refractivity contribution in [1.29, 1.82) is 0 Å². The SMILES string of the molecule is CCCOc1cc(OC)ccc1C(=O)NC(CCC)C(=O)O.